The summed E-state index contributed by atoms with van der Waals surface area (Å²) < 4.78 is 6.78. The third kappa shape index (κ3) is 4.18. The van der Waals surface area contributed by atoms with Crippen LogP contribution in [0.25, 0.3) is 16.9 Å². The first-order valence-electron chi connectivity index (χ1n) is 8.68. The fraction of sp³-hybridized carbons (Fsp3) is 0.238. The summed E-state index contributed by atoms with van der Waals surface area (Å²) in [5.74, 6) is -0.127. The van der Waals surface area contributed by atoms with Gasteiger partial charge in [0, 0.05) is 32.0 Å². The standard InChI is InChI=1S/C21H23N3O2/c1-16-9-11-18(12-10-16)24-15-19(21(25)22-13-6-14-26-2)20(23-24)17-7-4-3-5-8-17/h3-5,7-12,15H,6,13-14H2,1-2H3,(H,22,25). The summed E-state index contributed by atoms with van der Waals surface area (Å²) in [6, 6.07) is 17.8. The van der Waals surface area contributed by atoms with Crippen molar-refractivity contribution in [2.75, 3.05) is 20.3 Å². The van der Waals surface area contributed by atoms with Crippen molar-refractivity contribution >= 4 is 5.91 Å². The van der Waals surface area contributed by atoms with Crippen LogP contribution in [-0.4, -0.2) is 35.9 Å². The number of benzene rings is 2. The number of carbonyl (C=O) groups is 1. The second kappa shape index (κ2) is 8.45. The zero-order chi connectivity index (χ0) is 18.4. The number of rotatable bonds is 7. The third-order valence-corrected chi connectivity index (χ3v) is 4.12. The first-order chi connectivity index (χ1) is 12.7. The van der Waals surface area contributed by atoms with Gasteiger partial charge < -0.3 is 10.1 Å². The minimum Gasteiger partial charge on any atom is -0.385 e. The van der Waals surface area contributed by atoms with Crippen molar-refractivity contribution in [2.24, 2.45) is 0 Å². The van der Waals surface area contributed by atoms with Crippen molar-refractivity contribution in [3.63, 3.8) is 0 Å². The van der Waals surface area contributed by atoms with Crippen LogP contribution in [0.2, 0.25) is 0 Å². The van der Waals surface area contributed by atoms with Crippen LogP contribution in [0.5, 0.6) is 0 Å². The molecule has 26 heavy (non-hydrogen) atoms. The first-order valence-corrected chi connectivity index (χ1v) is 8.68. The summed E-state index contributed by atoms with van der Waals surface area (Å²) in [5.41, 5.74) is 4.26. The molecule has 1 amide bonds. The lowest BCUT2D eigenvalue weighted by atomic mass is 10.1. The van der Waals surface area contributed by atoms with Crippen LogP contribution in [0.1, 0.15) is 22.3 Å². The zero-order valence-electron chi connectivity index (χ0n) is 15.1. The van der Waals surface area contributed by atoms with E-state index in [2.05, 4.69) is 10.4 Å². The van der Waals surface area contributed by atoms with E-state index < -0.39 is 0 Å². The molecule has 3 rings (SSSR count). The van der Waals surface area contributed by atoms with Gasteiger partial charge in [0.2, 0.25) is 0 Å². The number of ether oxygens (including phenoxy) is 1. The molecule has 0 saturated carbocycles. The van der Waals surface area contributed by atoms with Crippen molar-refractivity contribution < 1.29 is 9.53 Å². The molecule has 0 unspecified atom stereocenters. The highest BCUT2D eigenvalue weighted by molar-refractivity contribution is 5.99. The molecule has 3 aromatic rings. The van der Waals surface area contributed by atoms with Gasteiger partial charge in [-0.25, -0.2) is 4.68 Å². The highest BCUT2D eigenvalue weighted by atomic mass is 16.5. The molecule has 0 atom stereocenters. The van der Waals surface area contributed by atoms with Gasteiger partial charge in [-0.3, -0.25) is 4.79 Å². The van der Waals surface area contributed by atoms with Crippen molar-refractivity contribution in [1.82, 2.24) is 15.1 Å². The molecule has 0 aliphatic heterocycles. The van der Waals surface area contributed by atoms with Crippen LogP contribution < -0.4 is 5.32 Å². The van der Waals surface area contributed by atoms with Crippen LogP contribution >= 0.6 is 0 Å². The van der Waals surface area contributed by atoms with Gasteiger partial charge in [-0.15, -0.1) is 0 Å². The summed E-state index contributed by atoms with van der Waals surface area (Å²) in [4.78, 5) is 12.7. The number of aryl methyl sites for hydroxylation is 1. The number of hydrogen-bond donors (Lipinski definition) is 1. The van der Waals surface area contributed by atoms with Gasteiger partial charge in [-0.2, -0.15) is 5.10 Å². The number of hydrogen-bond acceptors (Lipinski definition) is 3. The molecule has 0 aliphatic carbocycles. The maximum atomic E-state index is 12.7. The molecule has 0 aliphatic rings. The van der Waals surface area contributed by atoms with Crippen molar-refractivity contribution in [3.05, 3.63) is 71.9 Å². The lowest BCUT2D eigenvalue weighted by Crippen LogP contribution is -2.25. The Hall–Kier alpha value is -2.92. The average molecular weight is 349 g/mol. The molecule has 0 radical (unpaired) electrons. The van der Waals surface area contributed by atoms with Gasteiger partial charge in [0.05, 0.1) is 11.3 Å². The minimum absolute atomic E-state index is 0.127. The van der Waals surface area contributed by atoms with E-state index in [4.69, 9.17) is 4.74 Å². The SMILES string of the molecule is COCCCNC(=O)c1cn(-c2ccc(C)cc2)nc1-c1ccccc1. The van der Waals surface area contributed by atoms with E-state index in [-0.39, 0.29) is 5.91 Å². The van der Waals surface area contributed by atoms with Gasteiger partial charge in [0.15, 0.2) is 0 Å². The molecule has 0 fully saturated rings. The Morgan fingerprint density at radius 1 is 1.12 bits per heavy atom. The van der Waals surface area contributed by atoms with Gasteiger partial charge in [0.1, 0.15) is 5.69 Å². The van der Waals surface area contributed by atoms with E-state index in [0.29, 0.717) is 24.4 Å². The van der Waals surface area contributed by atoms with Gasteiger partial charge in [-0.1, -0.05) is 48.0 Å². The normalized spacial score (nSPS) is 10.7. The van der Waals surface area contributed by atoms with Crippen LogP contribution in [0.4, 0.5) is 0 Å². The molecule has 5 heteroatoms. The molecule has 0 saturated heterocycles. The van der Waals surface area contributed by atoms with Gasteiger partial charge in [0.25, 0.3) is 5.91 Å². The molecule has 1 heterocycles. The van der Waals surface area contributed by atoms with E-state index >= 15 is 0 Å². The number of nitrogens with one attached hydrogen (secondary N) is 1. The van der Waals surface area contributed by atoms with E-state index in [1.807, 2.05) is 61.5 Å². The molecule has 1 aromatic heterocycles. The quantitative estimate of drug-likeness (QED) is 0.663. The predicted molar refractivity (Wildman–Crippen MR) is 103 cm³/mol. The Morgan fingerprint density at radius 3 is 2.54 bits per heavy atom. The molecule has 1 N–H and O–H groups in total. The summed E-state index contributed by atoms with van der Waals surface area (Å²) in [7, 11) is 1.65. The smallest absolute Gasteiger partial charge is 0.255 e. The average Bonchev–Trinajstić information content (AvgIpc) is 3.12. The largest absolute Gasteiger partial charge is 0.385 e. The molecular weight excluding hydrogens is 326 g/mol. The fourth-order valence-corrected chi connectivity index (χ4v) is 2.69. The van der Waals surface area contributed by atoms with Crippen molar-refractivity contribution in [1.29, 1.82) is 0 Å². The molecule has 0 spiro atoms. The lowest BCUT2D eigenvalue weighted by Gasteiger charge is -2.05. The Kier molecular flexibility index (Phi) is 5.81. The molecule has 0 bridgehead atoms. The minimum atomic E-state index is -0.127. The van der Waals surface area contributed by atoms with E-state index in [1.54, 1.807) is 18.0 Å². The summed E-state index contributed by atoms with van der Waals surface area (Å²) in [6.45, 7) is 3.23. The Balaban J connectivity index is 1.93. The summed E-state index contributed by atoms with van der Waals surface area (Å²) in [6.07, 6.45) is 2.56. The number of carbonyl (C=O) groups excluding carboxylic acids is 1. The van der Waals surface area contributed by atoms with Crippen molar-refractivity contribution in [2.45, 2.75) is 13.3 Å². The van der Waals surface area contributed by atoms with Gasteiger partial charge >= 0.3 is 0 Å². The topological polar surface area (TPSA) is 56.1 Å². The molecule has 2 aromatic carbocycles. The molecular formula is C21H23N3O2. The zero-order valence-corrected chi connectivity index (χ0v) is 15.1. The summed E-state index contributed by atoms with van der Waals surface area (Å²) in [5, 5.41) is 7.62. The van der Waals surface area contributed by atoms with Crippen LogP contribution in [-0.2, 0) is 4.74 Å². The third-order valence-electron chi connectivity index (χ3n) is 4.12. The second-order valence-corrected chi connectivity index (χ2v) is 6.14. The number of amides is 1. The number of aromatic nitrogens is 2. The maximum Gasteiger partial charge on any atom is 0.255 e. The second-order valence-electron chi connectivity index (χ2n) is 6.14. The molecule has 5 nitrogen and oxygen atoms in total. The predicted octanol–water partition coefficient (Wildman–Crippen LogP) is 3.61. The van der Waals surface area contributed by atoms with E-state index in [9.17, 15) is 4.79 Å². The first kappa shape index (κ1) is 17.9. The van der Waals surface area contributed by atoms with Gasteiger partial charge in [-0.05, 0) is 25.5 Å². The Labute approximate surface area is 153 Å². The van der Waals surface area contributed by atoms with Crippen LogP contribution in [0.3, 0.4) is 0 Å². The number of nitrogens with zero attached hydrogens (tertiary/aromatic N) is 2. The van der Waals surface area contributed by atoms with E-state index in [0.717, 1.165) is 17.7 Å². The van der Waals surface area contributed by atoms with Crippen LogP contribution in [0, 0.1) is 6.92 Å². The van der Waals surface area contributed by atoms with Crippen LogP contribution in [0.15, 0.2) is 60.8 Å². The summed E-state index contributed by atoms with van der Waals surface area (Å²) >= 11 is 0. The highest BCUT2D eigenvalue weighted by Gasteiger charge is 2.18. The highest BCUT2D eigenvalue weighted by Crippen LogP contribution is 2.23. The number of methoxy groups -OCH3 is 1. The van der Waals surface area contributed by atoms with Crippen molar-refractivity contribution in [3.8, 4) is 16.9 Å². The maximum absolute atomic E-state index is 12.7. The fourth-order valence-electron chi connectivity index (χ4n) is 2.69. The Morgan fingerprint density at radius 2 is 1.85 bits per heavy atom. The monoisotopic (exact) mass is 349 g/mol. The van der Waals surface area contributed by atoms with E-state index in [1.165, 1.54) is 5.56 Å². The molecule has 134 valence electrons. The Bertz CT molecular complexity index is 855. The lowest BCUT2D eigenvalue weighted by molar-refractivity contribution is 0.0949.